The number of piperidine rings is 1. The summed E-state index contributed by atoms with van der Waals surface area (Å²) in [4.78, 5) is 14.8. The highest BCUT2D eigenvalue weighted by Crippen LogP contribution is 2.31. The molecule has 1 amide bonds. The predicted octanol–water partition coefficient (Wildman–Crippen LogP) is 2.37. The first-order chi connectivity index (χ1) is 9.49. The van der Waals surface area contributed by atoms with Gasteiger partial charge in [0.05, 0.1) is 0 Å². The van der Waals surface area contributed by atoms with Crippen LogP contribution in [0.1, 0.15) is 48.2 Å². The van der Waals surface area contributed by atoms with Crippen LogP contribution < -0.4 is 5.73 Å². The van der Waals surface area contributed by atoms with Crippen molar-refractivity contribution in [3.8, 4) is 0 Å². The quantitative estimate of drug-likeness (QED) is 0.853. The van der Waals surface area contributed by atoms with Gasteiger partial charge in [0.2, 0.25) is 0 Å². The molecule has 0 spiro atoms. The first-order valence-electron chi connectivity index (χ1n) is 7.65. The van der Waals surface area contributed by atoms with E-state index in [9.17, 15) is 4.79 Å². The van der Waals surface area contributed by atoms with E-state index >= 15 is 0 Å². The number of rotatable bonds is 1. The standard InChI is InChI=1S/C17H24N2O/c1-17(2)11-19(10-9-15(17)18)16(20)14-8-4-6-12-5-3-7-13(12)14/h4,6,8,15H,3,5,7,9-11,18H2,1-2H3. The average molecular weight is 272 g/mol. The summed E-state index contributed by atoms with van der Waals surface area (Å²) in [5.74, 6) is 0.198. The maximum absolute atomic E-state index is 12.8. The van der Waals surface area contributed by atoms with Crippen LogP contribution in [0.4, 0.5) is 0 Å². The first kappa shape index (κ1) is 13.6. The average Bonchev–Trinajstić information content (AvgIpc) is 2.89. The summed E-state index contributed by atoms with van der Waals surface area (Å²) in [5.41, 5.74) is 9.74. The third-order valence-corrected chi connectivity index (χ3v) is 4.98. The summed E-state index contributed by atoms with van der Waals surface area (Å²) in [6.45, 7) is 5.86. The predicted molar refractivity (Wildman–Crippen MR) is 80.7 cm³/mol. The van der Waals surface area contributed by atoms with Crippen LogP contribution >= 0.6 is 0 Å². The molecule has 0 bridgehead atoms. The fraction of sp³-hybridized carbons (Fsp3) is 0.588. The Morgan fingerprint density at radius 1 is 1.35 bits per heavy atom. The first-order valence-corrected chi connectivity index (χ1v) is 7.65. The van der Waals surface area contributed by atoms with E-state index in [1.54, 1.807) is 0 Å². The van der Waals surface area contributed by atoms with Crippen LogP contribution in [0.25, 0.3) is 0 Å². The lowest BCUT2D eigenvalue weighted by Gasteiger charge is -2.42. The van der Waals surface area contributed by atoms with E-state index < -0.39 is 0 Å². The Bertz CT molecular complexity index is 536. The minimum absolute atomic E-state index is 0.00582. The molecular weight excluding hydrogens is 248 g/mol. The molecule has 1 aromatic carbocycles. The molecule has 1 aliphatic carbocycles. The zero-order valence-corrected chi connectivity index (χ0v) is 12.5. The van der Waals surface area contributed by atoms with Crippen molar-refractivity contribution in [3.63, 3.8) is 0 Å². The van der Waals surface area contributed by atoms with Crippen LogP contribution in [0, 0.1) is 5.41 Å². The number of carbonyl (C=O) groups is 1. The molecule has 1 heterocycles. The topological polar surface area (TPSA) is 46.3 Å². The number of nitrogens with zero attached hydrogens (tertiary/aromatic N) is 1. The maximum Gasteiger partial charge on any atom is 0.254 e. The van der Waals surface area contributed by atoms with Gasteiger partial charge in [-0.2, -0.15) is 0 Å². The molecule has 0 radical (unpaired) electrons. The van der Waals surface area contributed by atoms with E-state index in [0.29, 0.717) is 0 Å². The van der Waals surface area contributed by atoms with Crippen LogP contribution in [0.3, 0.4) is 0 Å². The van der Waals surface area contributed by atoms with Crippen molar-refractivity contribution >= 4 is 5.91 Å². The SMILES string of the molecule is CC1(C)CN(C(=O)c2cccc3c2CCC3)CCC1N. The van der Waals surface area contributed by atoms with Crippen molar-refractivity contribution in [2.75, 3.05) is 13.1 Å². The largest absolute Gasteiger partial charge is 0.338 e. The van der Waals surface area contributed by atoms with Crippen molar-refractivity contribution in [2.24, 2.45) is 11.1 Å². The van der Waals surface area contributed by atoms with Gasteiger partial charge in [-0.05, 0) is 48.3 Å². The molecular formula is C17H24N2O. The van der Waals surface area contributed by atoms with Gasteiger partial charge in [0.1, 0.15) is 0 Å². The monoisotopic (exact) mass is 272 g/mol. The number of aryl methyl sites for hydroxylation is 1. The fourth-order valence-corrected chi connectivity index (χ4v) is 3.54. The molecule has 0 saturated carbocycles. The van der Waals surface area contributed by atoms with E-state index in [1.807, 2.05) is 17.0 Å². The summed E-state index contributed by atoms with van der Waals surface area (Å²) in [6, 6.07) is 6.37. The Balaban J connectivity index is 1.85. The summed E-state index contributed by atoms with van der Waals surface area (Å²) in [5, 5.41) is 0. The summed E-state index contributed by atoms with van der Waals surface area (Å²) >= 11 is 0. The minimum atomic E-state index is 0.00582. The molecule has 3 heteroatoms. The van der Waals surface area contributed by atoms with Gasteiger partial charge < -0.3 is 10.6 Å². The summed E-state index contributed by atoms with van der Waals surface area (Å²) < 4.78 is 0. The molecule has 1 unspecified atom stereocenters. The molecule has 3 nitrogen and oxygen atoms in total. The maximum atomic E-state index is 12.8. The number of nitrogens with two attached hydrogens (primary N) is 1. The fourth-order valence-electron chi connectivity index (χ4n) is 3.54. The van der Waals surface area contributed by atoms with E-state index in [4.69, 9.17) is 5.73 Å². The van der Waals surface area contributed by atoms with Crippen LogP contribution in [-0.2, 0) is 12.8 Å². The zero-order valence-electron chi connectivity index (χ0n) is 12.5. The van der Waals surface area contributed by atoms with Gasteiger partial charge in [0, 0.05) is 24.7 Å². The van der Waals surface area contributed by atoms with Gasteiger partial charge in [0.15, 0.2) is 0 Å². The highest BCUT2D eigenvalue weighted by Gasteiger charge is 2.36. The molecule has 1 aromatic rings. The second-order valence-corrected chi connectivity index (χ2v) is 6.91. The zero-order chi connectivity index (χ0) is 14.3. The third-order valence-electron chi connectivity index (χ3n) is 4.98. The summed E-state index contributed by atoms with van der Waals surface area (Å²) in [7, 11) is 0. The number of fused-ring (bicyclic) bond motifs is 1. The Hall–Kier alpha value is -1.35. The van der Waals surface area contributed by atoms with E-state index in [0.717, 1.165) is 37.9 Å². The van der Waals surface area contributed by atoms with Crippen LogP contribution in [0.15, 0.2) is 18.2 Å². The lowest BCUT2D eigenvalue weighted by atomic mass is 9.79. The van der Waals surface area contributed by atoms with Crippen LogP contribution in [0.5, 0.6) is 0 Å². The minimum Gasteiger partial charge on any atom is -0.338 e. The van der Waals surface area contributed by atoms with Crippen molar-refractivity contribution in [3.05, 3.63) is 34.9 Å². The molecule has 1 fully saturated rings. The van der Waals surface area contributed by atoms with Gasteiger partial charge in [-0.25, -0.2) is 0 Å². The van der Waals surface area contributed by atoms with Crippen molar-refractivity contribution < 1.29 is 4.79 Å². The van der Waals surface area contributed by atoms with E-state index in [-0.39, 0.29) is 17.4 Å². The number of hydrogen-bond donors (Lipinski definition) is 1. The Labute approximate surface area is 121 Å². The molecule has 3 rings (SSSR count). The van der Waals surface area contributed by atoms with E-state index in [1.165, 1.54) is 17.5 Å². The lowest BCUT2D eigenvalue weighted by molar-refractivity contribution is 0.0532. The Morgan fingerprint density at radius 3 is 2.90 bits per heavy atom. The highest BCUT2D eigenvalue weighted by atomic mass is 16.2. The molecule has 1 atom stereocenters. The van der Waals surface area contributed by atoms with Crippen molar-refractivity contribution in [1.82, 2.24) is 4.90 Å². The Kier molecular flexibility index (Phi) is 3.33. The van der Waals surface area contributed by atoms with Gasteiger partial charge in [-0.15, -0.1) is 0 Å². The highest BCUT2D eigenvalue weighted by molar-refractivity contribution is 5.96. The molecule has 0 aromatic heterocycles. The number of hydrogen-bond acceptors (Lipinski definition) is 2. The van der Waals surface area contributed by atoms with E-state index in [2.05, 4.69) is 19.9 Å². The molecule has 1 aliphatic heterocycles. The smallest absolute Gasteiger partial charge is 0.254 e. The Morgan fingerprint density at radius 2 is 2.15 bits per heavy atom. The normalized spacial score (nSPS) is 24.6. The number of amides is 1. The molecule has 2 N–H and O–H groups in total. The lowest BCUT2D eigenvalue weighted by Crippen LogP contribution is -2.54. The molecule has 20 heavy (non-hydrogen) atoms. The second-order valence-electron chi connectivity index (χ2n) is 6.91. The summed E-state index contributed by atoms with van der Waals surface area (Å²) in [6.07, 6.45) is 4.24. The van der Waals surface area contributed by atoms with Crippen LogP contribution in [0.2, 0.25) is 0 Å². The van der Waals surface area contributed by atoms with Gasteiger partial charge in [0.25, 0.3) is 5.91 Å². The molecule has 108 valence electrons. The molecule has 1 saturated heterocycles. The van der Waals surface area contributed by atoms with Crippen LogP contribution in [-0.4, -0.2) is 29.9 Å². The molecule has 2 aliphatic rings. The number of benzene rings is 1. The van der Waals surface area contributed by atoms with Crippen molar-refractivity contribution in [2.45, 2.75) is 45.6 Å². The number of likely N-dealkylation sites (tertiary alicyclic amines) is 1. The van der Waals surface area contributed by atoms with Gasteiger partial charge in [-0.1, -0.05) is 26.0 Å². The van der Waals surface area contributed by atoms with Gasteiger partial charge in [-0.3, -0.25) is 4.79 Å². The second kappa shape index (κ2) is 4.88. The van der Waals surface area contributed by atoms with Crippen molar-refractivity contribution in [1.29, 1.82) is 0 Å². The number of carbonyl (C=O) groups excluding carboxylic acids is 1. The third kappa shape index (κ3) is 2.24. The van der Waals surface area contributed by atoms with Gasteiger partial charge >= 0.3 is 0 Å².